The molecule has 1 fully saturated rings. The van der Waals surface area contributed by atoms with Crippen molar-refractivity contribution in [1.82, 2.24) is 4.31 Å². The van der Waals surface area contributed by atoms with E-state index in [9.17, 15) is 18.3 Å². The van der Waals surface area contributed by atoms with E-state index < -0.39 is 28.1 Å². The minimum absolute atomic E-state index is 0.0445. The second kappa shape index (κ2) is 5.76. The Hall–Kier alpha value is -0.700. The van der Waals surface area contributed by atoms with Crippen LogP contribution in [0, 0.1) is 0 Å². The number of nitrogens with zero attached hydrogens (tertiary/aromatic N) is 1. The fraction of sp³-hybridized carbons (Fsp3) is 0.889. The number of aliphatic hydroxyl groups is 1. The number of β-amino-alcohol motifs (C(OH)–C–C–N with tert-alkyl or cyclic N) is 1. The van der Waals surface area contributed by atoms with Crippen LogP contribution < -0.4 is 0 Å². The van der Waals surface area contributed by atoms with Gasteiger partial charge in [0.2, 0.25) is 10.0 Å². The van der Waals surface area contributed by atoms with Crippen LogP contribution in [0.4, 0.5) is 0 Å². The lowest BCUT2D eigenvalue weighted by Crippen LogP contribution is -2.42. The molecule has 0 aliphatic carbocycles. The summed E-state index contributed by atoms with van der Waals surface area (Å²) in [5.41, 5.74) is 0. The number of rotatable bonds is 5. The van der Waals surface area contributed by atoms with Gasteiger partial charge in [-0.05, 0) is 0 Å². The van der Waals surface area contributed by atoms with E-state index >= 15 is 0 Å². The Balaban J connectivity index is 2.83. The van der Waals surface area contributed by atoms with E-state index in [0.29, 0.717) is 0 Å². The molecule has 0 radical (unpaired) electrons. The van der Waals surface area contributed by atoms with E-state index in [4.69, 9.17) is 4.74 Å². The van der Waals surface area contributed by atoms with E-state index in [-0.39, 0.29) is 25.3 Å². The van der Waals surface area contributed by atoms with Gasteiger partial charge >= 0.3 is 5.97 Å². The highest BCUT2D eigenvalue weighted by Crippen LogP contribution is 2.22. The summed E-state index contributed by atoms with van der Waals surface area (Å²) in [5, 5.41) is 9.46. The topological polar surface area (TPSA) is 93.1 Å². The van der Waals surface area contributed by atoms with Crippen molar-refractivity contribution in [2.24, 2.45) is 0 Å². The van der Waals surface area contributed by atoms with Crippen molar-refractivity contribution in [1.29, 1.82) is 0 Å². The van der Waals surface area contributed by atoms with Gasteiger partial charge in [0.05, 0.1) is 25.6 Å². The summed E-state index contributed by atoms with van der Waals surface area (Å²) in [4.78, 5) is 11.4. The van der Waals surface area contributed by atoms with E-state index in [0.717, 1.165) is 4.31 Å². The van der Waals surface area contributed by atoms with Crippen LogP contribution in [0.5, 0.6) is 0 Å². The second-order valence-corrected chi connectivity index (χ2v) is 5.85. The number of carbonyl (C=O) groups is 1. The van der Waals surface area contributed by atoms with Crippen LogP contribution in [-0.4, -0.2) is 69.1 Å². The molecule has 0 amide bonds. The standard InChI is InChI=1S/C9H17NO6S/c1-15-3-4-17(13,14)10-6-7(11)5-8(10)9(12)16-2/h7-8,11H,3-6H2,1-2H3. The van der Waals surface area contributed by atoms with Crippen LogP contribution in [0.2, 0.25) is 0 Å². The minimum atomic E-state index is -3.61. The van der Waals surface area contributed by atoms with Gasteiger partial charge in [-0.25, -0.2) is 8.42 Å². The molecular weight excluding hydrogens is 250 g/mol. The molecule has 0 saturated carbocycles. The smallest absolute Gasteiger partial charge is 0.324 e. The van der Waals surface area contributed by atoms with Crippen LogP contribution in [0.15, 0.2) is 0 Å². The highest BCUT2D eigenvalue weighted by molar-refractivity contribution is 7.89. The summed E-state index contributed by atoms with van der Waals surface area (Å²) >= 11 is 0. The van der Waals surface area contributed by atoms with Crippen molar-refractivity contribution in [2.45, 2.75) is 18.6 Å². The molecule has 17 heavy (non-hydrogen) atoms. The van der Waals surface area contributed by atoms with Crippen molar-refractivity contribution in [3.05, 3.63) is 0 Å². The molecule has 1 rings (SSSR count). The zero-order valence-electron chi connectivity index (χ0n) is 9.83. The molecule has 2 unspecified atom stereocenters. The first-order valence-electron chi connectivity index (χ1n) is 5.16. The maximum atomic E-state index is 11.9. The van der Waals surface area contributed by atoms with Gasteiger partial charge in [0.25, 0.3) is 0 Å². The quantitative estimate of drug-likeness (QED) is 0.614. The van der Waals surface area contributed by atoms with E-state index in [1.807, 2.05) is 0 Å². The zero-order valence-corrected chi connectivity index (χ0v) is 10.6. The predicted molar refractivity (Wildman–Crippen MR) is 58.8 cm³/mol. The maximum Gasteiger partial charge on any atom is 0.324 e. The van der Waals surface area contributed by atoms with Crippen molar-refractivity contribution >= 4 is 16.0 Å². The molecule has 1 saturated heterocycles. The summed E-state index contributed by atoms with van der Waals surface area (Å²) in [5.74, 6) is -0.869. The van der Waals surface area contributed by atoms with Crippen LogP contribution in [0.25, 0.3) is 0 Å². The van der Waals surface area contributed by atoms with E-state index in [1.54, 1.807) is 0 Å². The molecule has 0 spiro atoms. The van der Waals surface area contributed by atoms with Gasteiger partial charge in [0, 0.05) is 20.1 Å². The predicted octanol–water partition coefficient (Wildman–Crippen LogP) is -1.43. The average Bonchev–Trinajstić information content (AvgIpc) is 2.68. The number of carbonyl (C=O) groups excluding carboxylic acids is 1. The average molecular weight is 267 g/mol. The van der Waals surface area contributed by atoms with Gasteiger partial charge in [-0.15, -0.1) is 0 Å². The number of methoxy groups -OCH3 is 2. The van der Waals surface area contributed by atoms with Gasteiger partial charge in [-0.1, -0.05) is 0 Å². The Morgan fingerprint density at radius 3 is 2.65 bits per heavy atom. The van der Waals surface area contributed by atoms with Crippen LogP contribution in [0.1, 0.15) is 6.42 Å². The molecule has 0 aromatic rings. The van der Waals surface area contributed by atoms with Gasteiger partial charge < -0.3 is 14.6 Å². The third-order valence-corrected chi connectivity index (χ3v) is 4.41. The number of sulfonamides is 1. The van der Waals surface area contributed by atoms with Gasteiger partial charge in [0.15, 0.2) is 0 Å². The summed E-state index contributed by atoms with van der Waals surface area (Å²) in [7, 11) is -1.03. The Morgan fingerprint density at radius 1 is 1.47 bits per heavy atom. The van der Waals surface area contributed by atoms with Gasteiger partial charge in [0.1, 0.15) is 6.04 Å². The number of aliphatic hydroxyl groups excluding tert-OH is 1. The molecule has 1 aliphatic rings. The molecule has 0 bridgehead atoms. The summed E-state index contributed by atoms with van der Waals surface area (Å²) in [6, 6.07) is -0.933. The van der Waals surface area contributed by atoms with E-state index in [2.05, 4.69) is 4.74 Å². The molecule has 7 nitrogen and oxygen atoms in total. The van der Waals surface area contributed by atoms with Gasteiger partial charge in [-0.3, -0.25) is 4.79 Å². The minimum Gasteiger partial charge on any atom is -0.468 e. The summed E-state index contributed by atoms with van der Waals surface area (Å²) in [6.45, 7) is -0.0331. The molecule has 2 atom stereocenters. The number of ether oxygens (including phenoxy) is 2. The molecule has 1 aliphatic heterocycles. The Labute approximate surface area is 100 Å². The highest BCUT2D eigenvalue weighted by Gasteiger charge is 2.43. The van der Waals surface area contributed by atoms with E-state index in [1.165, 1.54) is 14.2 Å². The number of hydrogen-bond acceptors (Lipinski definition) is 6. The third-order valence-electron chi connectivity index (χ3n) is 2.61. The molecular formula is C9H17NO6S. The largest absolute Gasteiger partial charge is 0.468 e. The Kier molecular flexibility index (Phi) is 4.87. The molecule has 8 heteroatoms. The van der Waals surface area contributed by atoms with Crippen molar-refractivity contribution in [3.63, 3.8) is 0 Å². The second-order valence-electron chi connectivity index (χ2n) is 3.81. The lowest BCUT2D eigenvalue weighted by Gasteiger charge is -2.21. The number of hydrogen-bond donors (Lipinski definition) is 1. The fourth-order valence-corrected chi connectivity index (χ4v) is 3.32. The first-order chi connectivity index (χ1) is 7.92. The van der Waals surface area contributed by atoms with Gasteiger partial charge in [-0.2, -0.15) is 4.31 Å². The first-order valence-corrected chi connectivity index (χ1v) is 6.77. The molecule has 0 aromatic heterocycles. The van der Waals surface area contributed by atoms with Crippen molar-refractivity contribution < 1.29 is 27.8 Å². The molecule has 1 heterocycles. The lowest BCUT2D eigenvalue weighted by atomic mass is 10.2. The summed E-state index contributed by atoms with van der Waals surface area (Å²) < 4.78 is 34.0. The number of esters is 1. The van der Waals surface area contributed by atoms with Crippen LogP contribution in [-0.2, 0) is 24.3 Å². The van der Waals surface area contributed by atoms with Crippen molar-refractivity contribution in [3.8, 4) is 0 Å². The monoisotopic (exact) mass is 267 g/mol. The zero-order chi connectivity index (χ0) is 13.1. The fourth-order valence-electron chi connectivity index (χ4n) is 1.75. The SMILES string of the molecule is COCCS(=O)(=O)N1CC(O)CC1C(=O)OC. The first kappa shape index (κ1) is 14.4. The Bertz CT molecular complexity index is 368. The normalized spacial score (nSPS) is 26.1. The summed E-state index contributed by atoms with van der Waals surface area (Å²) in [6.07, 6.45) is -0.768. The molecule has 0 aromatic carbocycles. The van der Waals surface area contributed by atoms with Crippen LogP contribution in [0.3, 0.4) is 0 Å². The van der Waals surface area contributed by atoms with Crippen LogP contribution >= 0.6 is 0 Å². The molecule has 100 valence electrons. The Morgan fingerprint density at radius 2 is 2.12 bits per heavy atom. The lowest BCUT2D eigenvalue weighted by molar-refractivity contribution is -0.144. The van der Waals surface area contributed by atoms with Crippen molar-refractivity contribution in [2.75, 3.05) is 33.1 Å². The molecule has 1 N–H and O–H groups in total. The highest BCUT2D eigenvalue weighted by atomic mass is 32.2. The maximum absolute atomic E-state index is 11.9. The third kappa shape index (κ3) is 3.38.